The predicted molar refractivity (Wildman–Crippen MR) is 81.7 cm³/mol. The van der Waals surface area contributed by atoms with Crippen LogP contribution in [-0.4, -0.2) is 48.5 Å². The summed E-state index contributed by atoms with van der Waals surface area (Å²) in [6.45, 7) is 4.11. The van der Waals surface area contributed by atoms with Crippen molar-refractivity contribution >= 4 is 28.3 Å². The van der Waals surface area contributed by atoms with E-state index in [1.165, 1.54) is 24.9 Å². The number of methoxy groups -OCH3 is 1. The van der Waals surface area contributed by atoms with E-state index in [-0.39, 0.29) is 5.91 Å². The number of amides is 1. The number of hydrogen-bond acceptors (Lipinski definition) is 6. The lowest BCUT2D eigenvalue weighted by atomic mass is 10.1. The van der Waals surface area contributed by atoms with E-state index in [1.54, 1.807) is 0 Å². The van der Waals surface area contributed by atoms with Crippen molar-refractivity contribution in [1.29, 1.82) is 0 Å². The van der Waals surface area contributed by atoms with Crippen molar-refractivity contribution in [3.8, 4) is 0 Å². The van der Waals surface area contributed by atoms with E-state index < -0.39 is 5.97 Å². The number of hydrogen-bond donors (Lipinski definition) is 1. The summed E-state index contributed by atoms with van der Waals surface area (Å²) in [5, 5.41) is 3.76. The number of nitrogens with one attached hydrogen (secondary N) is 1. The minimum atomic E-state index is -0.429. The number of piperidine rings is 1. The molecule has 0 saturated carbocycles. The molecule has 1 N–H and O–H groups in total. The van der Waals surface area contributed by atoms with Crippen LogP contribution >= 0.6 is 11.3 Å². The van der Waals surface area contributed by atoms with Gasteiger partial charge in [0.1, 0.15) is 0 Å². The fourth-order valence-electron chi connectivity index (χ4n) is 2.34. The van der Waals surface area contributed by atoms with Crippen molar-refractivity contribution in [2.75, 3.05) is 32.1 Å². The molecular formula is C14H21N3O3S. The molecule has 6 nitrogen and oxygen atoms in total. The minimum absolute atomic E-state index is 0.184. The molecule has 2 rings (SSSR count). The average Bonchev–Trinajstić information content (AvgIpc) is 2.88. The zero-order chi connectivity index (χ0) is 15.2. The van der Waals surface area contributed by atoms with Gasteiger partial charge in [-0.05, 0) is 26.2 Å². The number of aromatic nitrogens is 1. The lowest BCUT2D eigenvalue weighted by Gasteiger charge is -2.26. The van der Waals surface area contributed by atoms with Crippen LogP contribution in [0.1, 0.15) is 41.0 Å². The summed E-state index contributed by atoms with van der Waals surface area (Å²) in [5.74, 6) is -0.245. The van der Waals surface area contributed by atoms with Gasteiger partial charge in [0.2, 0.25) is 5.91 Å². The van der Waals surface area contributed by atoms with Gasteiger partial charge in [0.25, 0.3) is 0 Å². The fourth-order valence-corrected chi connectivity index (χ4v) is 3.16. The van der Waals surface area contributed by atoms with Gasteiger partial charge in [-0.15, -0.1) is 11.3 Å². The fraction of sp³-hybridized carbons (Fsp3) is 0.643. The van der Waals surface area contributed by atoms with E-state index in [2.05, 4.69) is 15.0 Å². The molecule has 1 aromatic rings. The molecule has 1 aromatic heterocycles. The van der Waals surface area contributed by atoms with E-state index in [9.17, 15) is 9.59 Å². The number of thiazole rings is 1. The number of carbonyl (C=O) groups excluding carboxylic acids is 2. The van der Waals surface area contributed by atoms with E-state index in [4.69, 9.17) is 0 Å². The second-order valence-electron chi connectivity index (χ2n) is 5.03. The van der Waals surface area contributed by atoms with Crippen LogP contribution < -0.4 is 5.32 Å². The first-order valence-corrected chi connectivity index (χ1v) is 8.01. The highest BCUT2D eigenvalue weighted by Crippen LogP contribution is 2.22. The van der Waals surface area contributed by atoms with Gasteiger partial charge in [-0.25, -0.2) is 9.78 Å². The Morgan fingerprint density at radius 1 is 1.33 bits per heavy atom. The van der Waals surface area contributed by atoms with Crippen LogP contribution in [0.15, 0.2) is 0 Å². The molecule has 0 radical (unpaired) electrons. The highest BCUT2D eigenvalue weighted by molar-refractivity contribution is 7.15. The molecule has 2 heterocycles. The largest absolute Gasteiger partial charge is 0.464 e. The van der Waals surface area contributed by atoms with Crippen molar-refractivity contribution in [3.63, 3.8) is 0 Å². The van der Waals surface area contributed by atoms with Gasteiger partial charge in [0, 0.05) is 30.9 Å². The van der Waals surface area contributed by atoms with Gasteiger partial charge in [-0.2, -0.15) is 0 Å². The average molecular weight is 311 g/mol. The van der Waals surface area contributed by atoms with E-state index >= 15 is 0 Å². The maximum Gasteiger partial charge on any atom is 0.357 e. The molecule has 0 atom stereocenters. The molecule has 7 heteroatoms. The Balaban J connectivity index is 1.80. The zero-order valence-electron chi connectivity index (χ0n) is 12.5. The molecule has 1 fully saturated rings. The molecule has 0 bridgehead atoms. The zero-order valence-corrected chi connectivity index (χ0v) is 13.3. The molecule has 0 aliphatic carbocycles. The first-order chi connectivity index (χ1) is 10.1. The van der Waals surface area contributed by atoms with Gasteiger partial charge >= 0.3 is 5.97 Å². The van der Waals surface area contributed by atoms with Crippen LogP contribution in [-0.2, 0) is 9.53 Å². The summed E-state index contributed by atoms with van der Waals surface area (Å²) >= 11 is 1.40. The third-order valence-electron chi connectivity index (χ3n) is 3.50. The molecular weight excluding hydrogens is 290 g/mol. The molecule has 1 aliphatic heterocycles. The number of anilines is 1. The molecule has 0 aromatic carbocycles. The Bertz CT molecular complexity index is 510. The number of nitrogens with zero attached hydrogens (tertiary/aromatic N) is 2. The summed E-state index contributed by atoms with van der Waals surface area (Å²) in [4.78, 5) is 30.4. The van der Waals surface area contributed by atoms with Crippen molar-refractivity contribution in [2.24, 2.45) is 0 Å². The highest BCUT2D eigenvalue weighted by atomic mass is 32.1. The number of esters is 1. The summed E-state index contributed by atoms with van der Waals surface area (Å²) in [7, 11) is 1.34. The number of rotatable bonds is 5. The Morgan fingerprint density at radius 3 is 2.71 bits per heavy atom. The van der Waals surface area contributed by atoms with Gasteiger partial charge in [0.15, 0.2) is 10.8 Å². The van der Waals surface area contributed by atoms with Crippen LogP contribution in [0.3, 0.4) is 0 Å². The van der Waals surface area contributed by atoms with Crippen molar-refractivity contribution < 1.29 is 14.3 Å². The van der Waals surface area contributed by atoms with E-state index in [0.717, 1.165) is 30.8 Å². The van der Waals surface area contributed by atoms with Crippen LogP contribution in [0, 0.1) is 6.92 Å². The maximum atomic E-state index is 12.0. The first kappa shape index (κ1) is 15.8. The lowest BCUT2D eigenvalue weighted by Crippen LogP contribution is -2.36. The molecule has 1 saturated heterocycles. The SMILES string of the molecule is COC(=O)c1nc(NCCC(=O)N2CCCCC2)sc1C. The van der Waals surface area contributed by atoms with Crippen molar-refractivity contribution in [3.05, 3.63) is 10.6 Å². The van der Waals surface area contributed by atoms with Crippen molar-refractivity contribution in [2.45, 2.75) is 32.6 Å². The topological polar surface area (TPSA) is 71.5 Å². The Hall–Kier alpha value is -1.63. The molecule has 21 heavy (non-hydrogen) atoms. The number of ether oxygens (including phenoxy) is 1. The molecule has 1 amide bonds. The maximum absolute atomic E-state index is 12.0. The molecule has 0 spiro atoms. The van der Waals surface area contributed by atoms with Gasteiger partial charge < -0.3 is 15.0 Å². The normalized spacial score (nSPS) is 14.9. The summed E-state index contributed by atoms with van der Waals surface area (Å²) < 4.78 is 4.67. The molecule has 0 unspecified atom stereocenters. The Kier molecular flexibility index (Phi) is 5.55. The van der Waals surface area contributed by atoms with E-state index in [0.29, 0.717) is 23.8 Å². The highest BCUT2D eigenvalue weighted by Gasteiger charge is 2.17. The molecule has 116 valence electrons. The second kappa shape index (κ2) is 7.40. The van der Waals surface area contributed by atoms with Crippen LogP contribution in [0.4, 0.5) is 5.13 Å². The van der Waals surface area contributed by atoms with Crippen molar-refractivity contribution in [1.82, 2.24) is 9.88 Å². The quantitative estimate of drug-likeness (QED) is 0.843. The molecule has 1 aliphatic rings. The third-order valence-corrected chi connectivity index (χ3v) is 4.43. The van der Waals surface area contributed by atoms with E-state index in [1.807, 2.05) is 11.8 Å². The monoisotopic (exact) mass is 311 g/mol. The van der Waals surface area contributed by atoms with Crippen LogP contribution in [0.25, 0.3) is 0 Å². The Labute approximate surface area is 128 Å². The second-order valence-corrected chi connectivity index (χ2v) is 6.24. The third kappa shape index (κ3) is 4.17. The van der Waals surface area contributed by atoms with Crippen LogP contribution in [0.2, 0.25) is 0 Å². The first-order valence-electron chi connectivity index (χ1n) is 7.19. The van der Waals surface area contributed by atoms with Gasteiger partial charge in [-0.1, -0.05) is 0 Å². The van der Waals surface area contributed by atoms with Gasteiger partial charge in [0.05, 0.1) is 7.11 Å². The summed E-state index contributed by atoms with van der Waals surface area (Å²) in [6, 6.07) is 0. The van der Waals surface area contributed by atoms with Crippen LogP contribution in [0.5, 0.6) is 0 Å². The minimum Gasteiger partial charge on any atom is -0.464 e. The Morgan fingerprint density at radius 2 is 2.05 bits per heavy atom. The number of likely N-dealkylation sites (tertiary alicyclic amines) is 1. The number of carbonyl (C=O) groups is 2. The summed E-state index contributed by atoms with van der Waals surface area (Å²) in [6.07, 6.45) is 3.88. The number of aryl methyl sites for hydroxylation is 1. The standard InChI is InChI=1S/C14H21N3O3S/c1-10-12(13(19)20-2)16-14(21-10)15-7-6-11(18)17-8-4-3-5-9-17/h3-9H2,1-2H3,(H,15,16). The summed E-state index contributed by atoms with van der Waals surface area (Å²) in [5.41, 5.74) is 0.340. The smallest absolute Gasteiger partial charge is 0.357 e. The predicted octanol–water partition coefficient (Wildman–Crippen LogP) is 2.05. The lowest BCUT2D eigenvalue weighted by molar-refractivity contribution is -0.131. The van der Waals surface area contributed by atoms with Gasteiger partial charge in [-0.3, -0.25) is 4.79 Å².